The smallest absolute Gasteiger partial charge is 0.253 e. The maximum Gasteiger partial charge on any atom is 0.253 e. The summed E-state index contributed by atoms with van der Waals surface area (Å²) in [6.45, 7) is 3.29. The molecule has 1 aliphatic heterocycles. The molecule has 22 heavy (non-hydrogen) atoms. The van der Waals surface area contributed by atoms with E-state index in [2.05, 4.69) is 16.0 Å². The highest BCUT2D eigenvalue weighted by Gasteiger charge is 2.21. The fourth-order valence-corrected chi connectivity index (χ4v) is 1.99. The Bertz CT molecular complexity index is 529. The third kappa shape index (κ3) is 4.52. The van der Waals surface area contributed by atoms with Crippen LogP contribution >= 0.6 is 0 Å². The Morgan fingerprint density at radius 1 is 1.36 bits per heavy atom. The van der Waals surface area contributed by atoms with E-state index in [0.29, 0.717) is 31.1 Å². The van der Waals surface area contributed by atoms with Crippen molar-refractivity contribution in [3.05, 3.63) is 24.3 Å². The van der Waals surface area contributed by atoms with E-state index in [9.17, 15) is 9.59 Å². The van der Waals surface area contributed by atoms with Gasteiger partial charge < -0.3 is 25.4 Å². The van der Waals surface area contributed by atoms with Gasteiger partial charge in [-0.3, -0.25) is 9.59 Å². The molecule has 2 amide bonds. The van der Waals surface area contributed by atoms with Crippen molar-refractivity contribution in [1.29, 1.82) is 0 Å². The van der Waals surface area contributed by atoms with Crippen LogP contribution in [-0.2, 0) is 19.1 Å². The average molecular weight is 307 g/mol. The summed E-state index contributed by atoms with van der Waals surface area (Å²) >= 11 is 0. The number of amides is 2. The van der Waals surface area contributed by atoms with Gasteiger partial charge in [0.15, 0.2) is 0 Å². The highest BCUT2D eigenvalue weighted by Crippen LogP contribution is 2.16. The second-order valence-electron chi connectivity index (χ2n) is 5.02. The first-order valence-electron chi connectivity index (χ1n) is 7.16. The van der Waals surface area contributed by atoms with Gasteiger partial charge in [0.2, 0.25) is 5.91 Å². The molecule has 3 N–H and O–H groups in total. The fourth-order valence-electron chi connectivity index (χ4n) is 1.99. The molecule has 0 aromatic heterocycles. The van der Waals surface area contributed by atoms with E-state index >= 15 is 0 Å². The molecule has 1 saturated heterocycles. The normalized spacial score (nSPS) is 19.3. The molecule has 0 bridgehead atoms. The van der Waals surface area contributed by atoms with Crippen molar-refractivity contribution in [2.45, 2.75) is 19.1 Å². The van der Waals surface area contributed by atoms with Gasteiger partial charge in [0.05, 0.1) is 13.2 Å². The Hall–Kier alpha value is -1.96. The van der Waals surface area contributed by atoms with Crippen LogP contribution < -0.4 is 16.0 Å². The van der Waals surface area contributed by atoms with Gasteiger partial charge in [-0.15, -0.1) is 0 Å². The summed E-state index contributed by atoms with van der Waals surface area (Å²) in [6.07, 6.45) is -0.540. The minimum Gasteiger partial charge on any atom is -0.378 e. The lowest BCUT2D eigenvalue weighted by molar-refractivity contribution is -0.124. The summed E-state index contributed by atoms with van der Waals surface area (Å²) in [5.41, 5.74) is 1.21. The maximum absolute atomic E-state index is 12.1. The molecule has 0 spiro atoms. The minimum absolute atomic E-state index is 0.159. The predicted octanol–water partition coefficient (Wildman–Crippen LogP) is 0.587. The van der Waals surface area contributed by atoms with Crippen LogP contribution in [-0.4, -0.2) is 50.8 Å². The minimum atomic E-state index is -0.540. The lowest BCUT2D eigenvalue weighted by Gasteiger charge is -2.23. The van der Waals surface area contributed by atoms with Crippen LogP contribution in [0.4, 0.5) is 11.4 Å². The first kappa shape index (κ1) is 16.4. The Labute approximate surface area is 129 Å². The van der Waals surface area contributed by atoms with Gasteiger partial charge in [-0.2, -0.15) is 0 Å². The highest BCUT2D eigenvalue weighted by atomic mass is 16.5. The first-order valence-corrected chi connectivity index (χ1v) is 7.16. The zero-order chi connectivity index (χ0) is 15.9. The lowest BCUT2D eigenvalue weighted by Crippen LogP contribution is -2.48. The van der Waals surface area contributed by atoms with Crippen LogP contribution in [0.5, 0.6) is 0 Å². The molecule has 2 rings (SSSR count). The van der Waals surface area contributed by atoms with Crippen LogP contribution in [0, 0.1) is 0 Å². The number of hydrogen-bond acceptors (Lipinski definition) is 5. The molecular formula is C15H21N3O4. The van der Waals surface area contributed by atoms with Crippen LogP contribution in [0.2, 0.25) is 0 Å². The molecule has 0 aliphatic carbocycles. The number of morpholine rings is 1. The first-order chi connectivity index (χ1) is 10.6. The third-order valence-corrected chi connectivity index (χ3v) is 3.36. The van der Waals surface area contributed by atoms with Crippen LogP contribution in [0.25, 0.3) is 0 Å². The molecule has 1 aromatic carbocycles. The largest absolute Gasteiger partial charge is 0.378 e. The van der Waals surface area contributed by atoms with Crippen molar-refractivity contribution in [3.63, 3.8) is 0 Å². The highest BCUT2D eigenvalue weighted by molar-refractivity contribution is 5.97. The number of carbonyl (C=O) groups is 2. The SMILES string of the molecule is COC(C)C(=O)Nc1cccc(NC(=O)C2COCCN2)c1. The number of ether oxygens (including phenoxy) is 2. The van der Waals surface area contributed by atoms with Crippen molar-refractivity contribution < 1.29 is 19.1 Å². The maximum atomic E-state index is 12.1. The lowest BCUT2D eigenvalue weighted by atomic mass is 10.2. The molecule has 0 saturated carbocycles. The number of benzene rings is 1. The molecule has 120 valence electrons. The fraction of sp³-hybridized carbons (Fsp3) is 0.467. The van der Waals surface area contributed by atoms with E-state index in [4.69, 9.17) is 9.47 Å². The molecular weight excluding hydrogens is 286 g/mol. The van der Waals surface area contributed by atoms with Crippen molar-refractivity contribution >= 4 is 23.2 Å². The van der Waals surface area contributed by atoms with E-state index < -0.39 is 6.10 Å². The average Bonchev–Trinajstić information content (AvgIpc) is 2.55. The number of methoxy groups -OCH3 is 1. The van der Waals surface area contributed by atoms with E-state index in [1.54, 1.807) is 31.2 Å². The van der Waals surface area contributed by atoms with Crippen molar-refractivity contribution in [2.24, 2.45) is 0 Å². The molecule has 1 fully saturated rings. The molecule has 1 heterocycles. The molecule has 2 unspecified atom stereocenters. The van der Waals surface area contributed by atoms with Crippen LogP contribution in [0.15, 0.2) is 24.3 Å². The standard InChI is InChI=1S/C15H21N3O4/c1-10(21-2)14(19)17-11-4-3-5-12(8-11)18-15(20)13-9-22-7-6-16-13/h3-5,8,10,13,16H,6-7,9H2,1-2H3,(H,17,19)(H,18,20). The monoisotopic (exact) mass is 307 g/mol. The second-order valence-corrected chi connectivity index (χ2v) is 5.02. The Kier molecular flexibility index (Phi) is 5.88. The molecule has 7 nitrogen and oxygen atoms in total. The molecule has 2 atom stereocenters. The second kappa shape index (κ2) is 7.88. The van der Waals surface area contributed by atoms with Gasteiger partial charge in [0.1, 0.15) is 12.1 Å². The van der Waals surface area contributed by atoms with Crippen LogP contribution in [0.3, 0.4) is 0 Å². The van der Waals surface area contributed by atoms with Gasteiger partial charge in [-0.25, -0.2) is 0 Å². The Balaban J connectivity index is 1.96. The zero-order valence-electron chi connectivity index (χ0n) is 12.7. The summed E-state index contributed by atoms with van der Waals surface area (Å²) in [4.78, 5) is 23.9. The van der Waals surface area contributed by atoms with Crippen molar-refractivity contribution in [3.8, 4) is 0 Å². The molecule has 7 heteroatoms. The van der Waals surface area contributed by atoms with Crippen LogP contribution in [0.1, 0.15) is 6.92 Å². The van der Waals surface area contributed by atoms with Gasteiger partial charge in [-0.05, 0) is 25.1 Å². The van der Waals surface area contributed by atoms with Gasteiger partial charge in [0.25, 0.3) is 5.91 Å². The quantitative estimate of drug-likeness (QED) is 0.741. The summed E-state index contributed by atoms with van der Waals surface area (Å²) < 4.78 is 10.2. The molecule has 1 aromatic rings. The number of nitrogens with one attached hydrogen (secondary N) is 3. The van der Waals surface area contributed by atoms with Crippen molar-refractivity contribution in [1.82, 2.24) is 5.32 Å². The van der Waals surface area contributed by atoms with Gasteiger partial charge in [0, 0.05) is 25.0 Å². The zero-order valence-corrected chi connectivity index (χ0v) is 12.7. The Morgan fingerprint density at radius 2 is 2.09 bits per heavy atom. The van der Waals surface area contributed by atoms with E-state index in [0.717, 1.165) is 0 Å². The molecule has 0 radical (unpaired) electrons. The summed E-state index contributed by atoms with van der Waals surface area (Å²) in [6, 6.07) is 6.60. The summed E-state index contributed by atoms with van der Waals surface area (Å²) in [7, 11) is 1.47. The number of anilines is 2. The Morgan fingerprint density at radius 3 is 2.73 bits per heavy atom. The predicted molar refractivity (Wildman–Crippen MR) is 82.8 cm³/mol. The van der Waals surface area contributed by atoms with E-state index in [1.807, 2.05) is 0 Å². The van der Waals surface area contributed by atoms with E-state index in [-0.39, 0.29) is 17.9 Å². The summed E-state index contributed by atoms with van der Waals surface area (Å²) in [5.74, 6) is -0.401. The van der Waals surface area contributed by atoms with Gasteiger partial charge >= 0.3 is 0 Å². The number of carbonyl (C=O) groups excluding carboxylic acids is 2. The number of rotatable bonds is 5. The van der Waals surface area contributed by atoms with Gasteiger partial charge in [-0.1, -0.05) is 6.07 Å². The third-order valence-electron chi connectivity index (χ3n) is 3.36. The van der Waals surface area contributed by atoms with Crippen molar-refractivity contribution in [2.75, 3.05) is 37.5 Å². The molecule has 1 aliphatic rings. The summed E-state index contributed by atoms with van der Waals surface area (Å²) in [5, 5.41) is 8.62. The number of hydrogen-bond donors (Lipinski definition) is 3. The topological polar surface area (TPSA) is 88.7 Å². The van der Waals surface area contributed by atoms with E-state index in [1.165, 1.54) is 7.11 Å².